The molecular weight excluding hydrogens is 339 g/mol. The quantitative estimate of drug-likeness (QED) is 0.502. The predicted molar refractivity (Wildman–Crippen MR) is 65.6 cm³/mol. The van der Waals surface area contributed by atoms with Crippen molar-refractivity contribution in [3.05, 3.63) is 34.6 Å². The molecule has 1 fully saturated rings. The number of rotatable bonds is 2. The first-order valence-electron chi connectivity index (χ1n) is 5.71. The molecule has 21 heavy (non-hydrogen) atoms. The van der Waals surface area contributed by atoms with Crippen molar-refractivity contribution in [3.8, 4) is 0 Å². The molecule has 1 N–H and O–H groups in total. The Morgan fingerprint density at radius 3 is 1.67 bits per heavy atom. The van der Waals surface area contributed by atoms with Crippen LogP contribution in [0.2, 0.25) is 0 Å². The van der Waals surface area contributed by atoms with E-state index in [4.69, 9.17) is 0 Å². The lowest BCUT2D eigenvalue weighted by molar-refractivity contribution is 0.177. The average molecular weight is 348 g/mol. The molecule has 0 aromatic heterocycles. The third-order valence-electron chi connectivity index (χ3n) is 3.01. The fourth-order valence-corrected chi connectivity index (χ4v) is 5.89. The molecule has 1 aromatic carbocycles. The smallest absolute Gasteiger partial charge is 0.200 e. The average Bonchev–Trinajstić information content (AvgIpc) is 2.43. The molecule has 10 heteroatoms. The highest BCUT2D eigenvalue weighted by Crippen LogP contribution is 2.33. The van der Waals surface area contributed by atoms with Crippen molar-refractivity contribution >= 4 is 21.6 Å². The van der Waals surface area contributed by atoms with Crippen molar-refractivity contribution in [2.75, 3.05) is 11.5 Å². The molecule has 0 radical (unpaired) electrons. The minimum absolute atomic E-state index is 0.0306. The van der Waals surface area contributed by atoms with Gasteiger partial charge in [-0.25, -0.2) is 22.0 Å². The zero-order chi connectivity index (χ0) is 15.9. The van der Waals surface area contributed by atoms with E-state index in [-0.39, 0.29) is 11.5 Å². The van der Waals surface area contributed by atoms with Gasteiger partial charge in [0.15, 0.2) is 23.3 Å². The summed E-state index contributed by atoms with van der Waals surface area (Å²) in [5, 5.41) is 9.87. The van der Waals surface area contributed by atoms with Crippen LogP contribution in [-0.4, -0.2) is 29.6 Å². The summed E-state index contributed by atoms with van der Waals surface area (Å²) in [6.07, 6.45) is -1.99. The molecule has 1 aliphatic heterocycles. The Labute approximate surface area is 121 Å². The highest BCUT2D eigenvalue weighted by molar-refractivity contribution is 8.03. The number of aliphatic hydroxyl groups excluding tert-OH is 1. The SMILES string of the molecule is O=[S@@]1CCC[S@](=O)C1[C@@H](O)c1c(F)c(F)c(F)c(F)c1F. The van der Waals surface area contributed by atoms with E-state index in [9.17, 15) is 35.5 Å². The van der Waals surface area contributed by atoms with Crippen LogP contribution in [0.15, 0.2) is 0 Å². The van der Waals surface area contributed by atoms with Crippen molar-refractivity contribution in [2.24, 2.45) is 0 Å². The van der Waals surface area contributed by atoms with Crippen molar-refractivity contribution < 1.29 is 35.5 Å². The van der Waals surface area contributed by atoms with Crippen LogP contribution in [0.4, 0.5) is 22.0 Å². The minimum atomic E-state index is -2.35. The summed E-state index contributed by atoms with van der Waals surface area (Å²) in [7, 11) is -3.79. The normalized spacial score (nSPS) is 27.6. The predicted octanol–water partition coefficient (Wildman–Crippen LogP) is 1.64. The van der Waals surface area contributed by atoms with Gasteiger partial charge in [-0.3, -0.25) is 8.42 Å². The van der Waals surface area contributed by atoms with Gasteiger partial charge in [-0.2, -0.15) is 0 Å². The van der Waals surface area contributed by atoms with Gasteiger partial charge in [-0.05, 0) is 6.42 Å². The maximum absolute atomic E-state index is 13.6. The molecule has 0 saturated carbocycles. The maximum Gasteiger partial charge on any atom is 0.200 e. The van der Waals surface area contributed by atoms with Crippen LogP contribution >= 0.6 is 0 Å². The Morgan fingerprint density at radius 2 is 1.24 bits per heavy atom. The summed E-state index contributed by atoms with van der Waals surface area (Å²) in [6, 6.07) is 0. The molecule has 118 valence electrons. The second-order valence-corrected chi connectivity index (χ2v) is 7.97. The minimum Gasteiger partial charge on any atom is -0.386 e. The van der Waals surface area contributed by atoms with Crippen LogP contribution in [0.5, 0.6) is 0 Å². The lowest BCUT2D eigenvalue weighted by Crippen LogP contribution is -2.37. The molecule has 3 nitrogen and oxygen atoms in total. The van der Waals surface area contributed by atoms with E-state index in [0.717, 1.165) is 0 Å². The van der Waals surface area contributed by atoms with Crippen LogP contribution in [0.25, 0.3) is 0 Å². The van der Waals surface area contributed by atoms with E-state index in [1.807, 2.05) is 0 Å². The highest BCUT2D eigenvalue weighted by atomic mass is 32.2. The molecule has 2 rings (SSSR count). The van der Waals surface area contributed by atoms with Gasteiger partial charge in [-0.15, -0.1) is 0 Å². The zero-order valence-electron chi connectivity index (χ0n) is 10.2. The molecular formula is C11H9F5O3S2. The van der Waals surface area contributed by atoms with Crippen molar-refractivity contribution in [3.63, 3.8) is 0 Å². The van der Waals surface area contributed by atoms with Gasteiger partial charge < -0.3 is 5.11 Å². The van der Waals surface area contributed by atoms with E-state index in [0.29, 0.717) is 6.42 Å². The topological polar surface area (TPSA) is 54.4 Å². The lowest BCUT2D eigenvalue weighted by Gasteiger charge is -2.26. The van der Waals surface area contributed by atoms with E-state index in [1.54, 1.807) is 0 Å². The number of aliphatic hydroxyl groups is 1. The van der Waals surface area contributed by atoms with E-state index in [1.165, 1.54) is 0 Å². The number of halogens is 5. The van der Waals surface area contributed by atoms with Crippen LogP contribution in [-0.2, 0) is 21.6 Å². The molecule has 0 aliphatic carbocycles. The molecule has 1 aliphatic rings. The van der Waals surface area contributed by atoms with Gasteiger partial charge in [0.1, 0.15) is 10.7 Å². The van der Waals surface area contributed by atoms with Crippen LogP contribution in [0.1, 0.15) is 18.1 Å². The summed E-state index contributed by atoms with van der Waals surface area (Å²) in [6.45, 7) is 0. The molecule has 0 spiro atoms. The Morgan fingerprint density at radius 1 is 0.857 bits per heavy atom. The van der Waals surface area contributed by atoms with Gasteiger partial charge in [0.25, 0.3) is 0 Å². The largest absolute Gasteiger partial charge is 0.386 e. The fourth-order valence-electron chi connectivity index (χ4n) is 2.00. The Kier molecular flexibility index (Phi) is 4.79. The van der Waals surface area contributed by atoms with Crippen molar-refractivity contribution in [1.29, 1.82) is 0 Å². The van der Waals surface area contributed by atoms with Gasteiger partial charge in [-0.1, -0.05) is 0 Å². The molecule has 1 heterocycles. The number of hydrogen-bond acceptors (Lipinski definition) is 3. The van der Waals surface area contributed by atoms with Crippen LogP contribution in [0.3, 0.4) is 0 Å². The molecule has 1 unspecified atom stereocenters. The van der Waals surface area contributed by atoms with E-state index in [2.05, 4.69) is 0 Å². The third kappa shape index (κ3) is 2.76. The third-order valence-corrected chi connectivity index (χ3v) is 7.23. The van der Waals surface area contributed by atoms with Crippen LogP contribution < -0.4 is 0 Å². The summed E-state index contributed by atoms with van der Waals surface area (Å²) in [4.78, 5) is 0. The zero-order valence-corrected chi connectivity index (χ0v) is 11.9. The standard InChI is InChI=1S/C11H9F5O3S2/c12-5-4(6(13)8(15)9(16)7(5)14)10(17)11-20(18)2-1-3-21(11)19/h10-11,17H,1-3H2/t10-,11?,20-,21+/m0/s1. The van der Waals surface area contributed by atoms with Crippen molar-refractivity contribution in [1.82, 2.24) is 0 Å². The number of hydrogen-bond donors (Lipinski definition) is 1. The molecule has 1 saturated heterocycles. The Balaban J connectivity index is 2.56. The first-order valence-corrected chi connectivity index (χ1v) is 8.47. The lowest BCUT2D eigenvalue weighted by atomic mass is 10.1. The van der Waals surface area contributed by atoms with Gasteiger partial charge in [0, 0.05) is 33.1 Å². The summed E-state index contributed by atoms with van der Waals surface area (Å²) >= 11 is 0. The second-order valence-electron chi connectivity index (χ2n) is 4.32. The van der Waals surface area contributed by atoms with E-state index < -0.39 is 66.9 Å². The molecule has 0 bridgehead atoms. The molecule has 0 amide bonds. The first-order chi connectivity index (χ1) is 9.77. The fraction of sp³-hybridized carbons (Fsp3) is 0.455. The monoisotopic (exact) mass is 348 g/mol. The van der Waals surface area contributed by atoms with Gasteiger partial charge in [0.05, 0.1) is 5.56 Å². The molecule has 1 aromatic rings. The Bertz CT molecular complexity index is 592. The summed E-state index contributed by atoms with van der Waals surface area (Å²) in [5.41, 5.74) is -1.50. The maximum atomic E-state index is 13.6. The number of benzene rings is 1. The highest BCUT2D eigenvalue weighted by Gasteiger charge is 2.40. The van der Waals surface area contributed by atoms with Gasteiger partial charge in [0.2, 0.25) is 5.82 Å². The van der Waals surface area contributed by atoms with Crippen LogP contribution in [0, 0.1) is 29.1 Å². The van der Waals surface area contributed by atoms with Crippen molar-refractivity contribution in [2.45, 2.75) is 17.1 Å². The summed E-state index contributed by atoms with van der Waals surface area (Å²) in [5.74, 6) is -11.1. The van der Waals surface area contributed by atoms with E-state index >= 15 is 0 Å². The molecule has 4 atom stereocenters. The second kappa shape index (κ2) is 6.09. The Hall–Kier alpha value is -0.870. The first kappa shape index (κ1) is 16.5. The van der Waals surface area contributed by atoms with Gasteiger partial charge >= 0.3 is 0 Å². The summed E-state index contributed by atoms with van der Waals surface area (Å²) < 4.78 is 88.2.